The molecule has 32 heavy (non-hydrogen) atoms. The number of urea groups is 1. The molecule has 0 spiro atoms. The van der Waals surface area contributed by atoms with Gasteiger partial charge in [0.05, 0.1) is 24.9 Å². The molecular formula is C26H42N3O3. The predicted molar refractivity (Wildman–Crippen MR) is 128 cm³/mol. The number of hydrogen-bond acceptors (Lipinski definition) is 4. The van der Waals surface area contributed by atoms with E-state index in [1.807, 2.05) is 43.5 Å². The lowest BCUT2D eigenvalue weighted by Crippen LogP contribution is -2.56. The molecule has 6 heteroatoms. The molecule has 4 atom stereocenters. The molecular weight excluding hydrogens is 402 g/mol. The number of amides is 2. The smallest absolute Gasteiger partial charge is 0.317 e. The van der Waals surface area contributed by atoms with Gasteiger partial charge in [0.15, 0.2) is 0 Å². The van der Waals surface area contributed by atoms with Gasteiger partial charge in [-0.05, 0) is 50.6 Å². The van der Waals surface area contributed by atoms with Crippen molar-refractivity contribution in [1.82, 2.24) is 15.5 Å². The van der Waals surface area contributed by atoms with Crippen LogP contribution in [0.4, 0.5) is 4.79 Å². The van der Waals surface area contributed by atoms with Crippen molar-refractivity contribution in [3.05, 3.63) is 42.3 Å². The Morgan fingerprint density at radius 2 is 1.88 bits per heavy atom. The highest BCUT2D eigenvalue weighted by molar-refractivity contribution is 5.74. The molecule has 2 amide bonds. The predicted octanol–water partition coefficient (Wildman–Crippen LogP) is 3.92. The number of likely N-dealkylation sites (tertiary alicyclic amines) is 1. The molecule has 1 aliphatic carbocycles. The molecule has 1 aliphatic heterocycles. The third-order valence-corrected chi connectivity index (χ3v) is 7.02. The third-order valence-electron chi connectivity index (χ3n) is 7.02. The fraction of sp³-hybridized carbons (Fsp3) is 0.692. The van der Waals surface area contributed by atoms with Crippen molar-refractivity contribution in [1.29, 1.82) is 0 Å². The maximum absolute atomic E-state index is 13.2. The summed E-state index contributed by atoms with van der Waals surface area (Å²) >= 11 is 0. The molecule has 3 N–H and O–H groups in total. The number of piperidine rings is 1. The molecule has 1 aromatic carbocycles. The zero-order valence-electron chi connectivity index (χ0n) is 19.8. The zero-order valence-corrected chi connectivity index (χ0v) is 19.8. The van der Waals surface area contributed by atoms with Crippen molar-refractivity contribution in [3.63, 3.8) is 0 Å². The van der Waals surface area contributed by atoms with Gasteiger partial charge in [0, 0.05) is 25.6 Å². The fourth-order valence-electron chi connectivity index (χ4n) is 5.32. The molecule has 6 nitrogen and oxygen atoms in total. The summed E-state index contributed by atoms with van der Waals surface area (Å²) in [5.74, 6) is 0.528. The van der Waals surface area contributed by atoms with Crippen molar-refractivity contribution in [2.75, 3.05) is 33.3 Å². The number of nitrogens with one attached hydrogen (secondary N) is 2. The van der Waals surface area contributed by atoms with E-state index in [1.54, 1.807) is 0 Å². The quantitative estimate of drug-likeness (QED) is 0.511. The Balaban J connectivity index is 1.63. The highest BCUT2D eigenvalue weighted by Gasteiger charge is 2.34. The average Bonchev–Trinajstić information content (AvgIpc) is 2.85. The second-order valence-corrected chi connectivity index (χ2v) is 9.42. The summed E-state index contributed by atoms with van der Waals surface area (Å²) in [7, 11) is 1.87. The number of aliphatic hydroxyl groups is 1. The molecule has 1 radical (unpaired) electrons. The molecule has 0 unspecified atom stereocenters. The van der Waals surface area contributed by atoms with Crippen molar-refractivity contribution in [2.45, 2.75) is 70.1 Å². The summed E-state index contributed by atoms with van der Waals surface area (Å²) in [5.41, 5.74) is 1.17. The number of ether oxygens (including phenoxy) is 1. The van der Waals surface area contributed by atoms with E-state index in [2.05, 4.69) is 22.8 Å². The minimum Gasteiger partial charge on any atom is -0.391 e. The van der Waals surface area contributed by atoms with E-state index in [4.69, 9.17) is 4.74 Å². The maximum Gasteiger partial charge on any atom is 0.317 e. The summed E-state index contributed by atoms with van der Waals surface area (Å²) in [6.45, 7) is 4.58. The first-order chi connectivity index (χ1) is 15.6. The number of carbonyl (C=O) groups is 1. The number of likely N-dealkylation sites (N-methyl/N-ethyl adjacent to an activating group) is 1. The van der Waals surface area contributed by atoms with Crippen molar-refractivity contribution in [2.24, 2.45) is 11.8 Å². The topological polar surface area (TPSA) is 73.8 Å². The first kappa shape index (κ1) is 25.0. The van der Waals surface area contributed by atoms with Gasteiger partial charge in [-0.2, -0.15) is 0 Å². The monoisotopic (exact) mass is 444 g/mol. The van der Waals surface area contributed by atoms with E-state index in [0.29, 0.717) is 19.7 Å². The molecule has 1 saturated carbocycles. The minimum absolute atomic E-state index is 0.0241. The summed E-state index contributed by atoms with van der Waals surface area (Å²) < 4.78 is 6.22. The molecule has 0 aromatic heterocycles. The molecule has 0 bridgehead atoms. The SMILES string of the molecule is C[CH]CO[C@@H](c1ccccc1)[C@@H]1CCCN(C(=O)N[C@H](CNC)[C@@H](O)C2CCCCC2)C1. The highest BCUT2D eigenvalue weighted by atomic mass is 16.5. The largest absolute Gasteiger partial charge is 0.391 e. The van der Waals surface area contributed by atoms with E-state index in [-0.39, 0.29) is 30.0 Å². The van der Waals surface area contributed by atoms with Crippen LogP contribution in [0.3, 0.4) is 0 Å². The average molecular weight is 445 g/mol. The van der Waals surface area contributed by atoms with Crippen molar-refractivity contribution >= 4 is 6.03 Å². The van der Waals surface area contributed by atoms with Gasteiger partial charge >= 0.3 is 6.03 Å². The Hall–Kier alpha value is -1.63. The van der Waals surface area contributed by atoms with Crippen LogP contribution in [0.5, 0.6) is 0 Å². The lowest BCUT2D eigenvalue weighted by molar-refractivity contribution is -0.00149. The van der Waals surface area contributed by atoms with Gasteiger partial charge in [-0.25, -0.2) is 4.79 Å². The molecule has 1 heterocycles. The summed E-state index contributed by atoms with van der Waals surface area (Å²) in [6, 6.07) is 10.00. The van der Waals surface area contributed by atoms with Crippen LogP contribution in [0, 0.1) is 18.3 Å². The Bertz CT molecular complexity index is 666. The summed E-state index contributed by atoms with van der Waals surface area (Å²) in [5, 5.41) is 17.3. The van der Waals surface area contributed by atoms with E-state index < -0.39 is 6.10 Å². The first-order valence-electron chi connectivity index (χ1n) is 12.5. The standard InChI is InChI=1S/C26H42N3O3/c1-3-17-32-25(21-13-8-5-9-14-21)22-15-10-16-29(19-22)26(31)28-23(18-27-2)24(30)20-11-6-4-7-12-20/h3,5,8-9,13-14,20,22-25,27,30H,4,6-7,10-12,15-19H2,1-2H3,(H,28,31)/t22-,23-,24+,25+/m1/s1. The van der Waals surface area contributed by atoms with Crippen LogP contribution in [0.25, 0.3) is 0 Å². The normalized spacial score (nSPS) is 22.8. The van der Waals surface area contributed by atoms with Gasteiger partial charge in [-0.15, -0.1) is 0 Å². The number of benzene rings is 1. The third kappa shape index (κ3) is 6.93. The molecule has 179 valence electrons. The van der Waals surface area contributed by atoms with E-state index in [9.17, 15) is 9.90 Å². The maximum atomic E-state index is 13.2. The van der Waals surface area contributed by atoms with Gasteiger partial charge in [0.2, 0.25) is 0 Å². The Labute approximate surface area is 194 Å². The van der Waals surface area contributed by atoms with E-state index >= 15 is 0 Å². The Morgan fingerprint density at radius 3 is 2.56 bits per heavy atom. The number of aliphatic hydroxyl groups excluding tert-OH is 1. The van der Waals surface area contributed by atoms with Gasteiger partial charge in [0.1, 0.15) is 0 Å². The summed E-state index contributed by atoms with van der Waals surface area (Å²) in [6.07, 6.45) is 9.19. The van der Waals surface area contributed by atoms with Gasteiger partial charge in [0.25, 0.3) is 0 Å². The minimum atomic E-state index is -0.507. The molecule has 1 saturated heterocycles. The molecule has 3 rings (SSSR count). The Morgan fingerprint density at radius 1 is 1.16 bits per heavy atom. The zero-order chi connectivity index (χ0) is 22.8. The van der Waals surface area contributed by atoms with Crippen molar-refractivity contribution < 1.29 is 14.6 Å². The van der Waals surface area contributed by atoms with Crippen LogP contribution < -0.4 is 10.6 Å². The van der Waals surface area contributed by atoms with Crippen LogP contribution in [-0.2, 0) is 4.74 Å². The summed E-state index contributed by atoms with van der Waals surface area (Å²) in [4.78, 5) is 15.1. The number of carbonyl (C=O) groups excluding carboxylic acids is 1. The van der Waals surface area contributed by atoms with Crippen LogP contribution in [-0.4, -0.2) is 61.5 Å². The van der Waals surface area contributed by atoms with Crippen molar-refractivity contribution in [3.8, 4) is 0 Å². The molecule has 2 aliphatic rings. The fourth-order valence-corrected chi connectivity index (χ4v) is 5.32. The second kappa shape index (κ2) is 13.2. The number of rotatable bonds is 10. The van der Waals surface area contributed by atoms with Crippen LogP contribution >= 0.6 is 0 Å². The lowest BCUT2D eigenvalue weighted by atomic mass is 9.82. The van der Waals surface area contributed by atoms with Crippen LogP contribution in [0.1, 0.15) is 63.5 Å². The lowest BCUT2D eigenvalue weighted by Gasteiger charge is -2.39. The molecule has 1 aromatic rings. The van der Waals surface area contributed by atoms with E-state index in [0.717, 1.165) is 32.2 Å². The van der Waals surface area contributed by atoms with Gasteiger partial charge < -0.3 is 25.4 Å². The van der Waals surface area contributed by atoms with Gasteiger partial charge in [-0.3, -0.25) is 0 Å². The van der Waals surface area contributed by atoms with Crippen LogP contribution in [0.15, 0.2) is 30.3 Å². The number of hydrogen-bond donors (Lipinski definition) is 3. The van der Waals surface area contributed by atoms with Gasteiger partial charge in [-0.1, -0.05) is 56.5 Å². The first-order valence-corrected chi connectivity index (χ1v) is 12.5. The van der Waals surface area contributed by atoms with E-state index in [1.165, 1.54) is 24.8 Å². The Kier molecular flexibility index (Phi) is 10.3. The van der Waals surface area contributed by atoms with Crippen LogP contribution in [0.2, 0.25) is 0 Å². The number of nitrogens with zero attached hydrogens (tertiary/aromatic N) is 1. The highest BCUT2D eigenvalue weighted by Crippen LogP contribution is 2.33. The molecule has 2 fully saturated rings. The second-order valence-electron chi connectivity index (χ2n) is 9.42.